The van der Waals surface area contributed by atoms with Crippen LogP contribution in [0.2, 0.25) is 0 Å². The van der Waals surface area contributed by atoms with Crippen LogP contribution in [0.3, 0.4) is 0 Å². The number of carboxylic acids is 1. The Balaban J connectivity index is 2.46. The topological polar surface area (TPSA) is 77.8 Å². The number of rotatable bonds is 3. The number of benzene rings is 2. The normalized spacial score (nSPS) is 11.3. The van der Waals surface area contributed by atoms with Crippen LogP contribution in [0.25, 0.3) is 11.6 Å². The van der Waals surface area contributed by atoms with Crippen molar-refractivity contribution in [2.45, 2.75) is 0 Å². The summed E-state index contributed by atoms with van der Waals surface area (Å²) >= 11 is 0. The standard InChI is InChI=1S/C15H12O4/c16-12-6-4-10(5-7-12)8-14(15(18)19)11-2-1-3-13(17)9-11/h1-9,16-17H,(H,18,19)/b14-8-. The fourth-order valence-corrected chi connectivity index (χ4v) is 1.68. The molecule has 96 valence electrons. The van der Waals surface area contributed by atoms with E-state index in [-0.39, 0.29) is 17.1 Å². The molecule has 2 aromatic carbocycles. The molecule has 2 aromatic rings. The number of carboxylic acid groups (broad SMARTS) is 1. The number of carbonyl (C=O) groups is 1. The summed E-state index contributed by atoms with van der Waals surface area (Å²) in [6, 6.07) is 12.2. The summed E-state index contributed by atoms with van der Waals surface area (Å²) in [6.45, 7) is 0. The van der Waals surface area contributed by atoms with Gasteiger partial charge in [-0.15, -0.1) is 0 Å². The highest BCUT2D eigenvalue weighted by atomic mass is 16.4. The summed E-state index contributed by atoms with van der Waals surface area (Å²) < 4.78 is 0. The zero-order valence-electron chi connectivity index (χ0n) is 9.95. The van der Waals surface area contributed by atoms with Gasteiger partial charge in [0.05, 0.1) is 5.57 Å². The molecule has 0 aliphatic carbocycles. The van der Waals surface area contributed by atoms with Crippen LogP contribution in [-0.4, -0.2) is 21.3 Å². The molecule has 3 N–H and O–H groups in total. The van der Waals surface area contributed by atoms with Gasteiger partial charge < -0.3 is 15.3 Å². The lowest BCUT2D eigenvalue weighted by Gasteiger charge is -2.04. The van der Waals surface area contributed by atoms with Gasteiger partial charge in [-0.05, 0) is 41.5 Å². The van der Waals surface area contributed by atoms with Gasteiger partial charge in [-0.3, -0.25) is 0 Å². The third kappa shape index (κ3) is 3.13. The Morgan fingerprint density at radius 1 is 0.947 bits per heavy atom. The van der Waals surface area contributed by atoms with Crippen molar-refractivity contribution in [1.82, 2.24) is 0 Å². The van der Waals surface area contributed by atoms with Crippen molar-refractivity contribution < 1.29 is 20.1 Å². The lowest BCUT2D eigenvalue weighted by molar-refractivity contribution is -0.130. The SMILES string of the molecule is O=C(O)/C(=C\c1ccc(O)cc1)c1cccc(O)c1. The van der Waals surface area contributed by atoms with Crippen LogP contribution in [0, 0.1) is 0 Å². The van der Waals surface area contributed by atoms with Crippen LogP contribution in [0.5, 0.6) is 11.5 Å². The van der Waals surface area contributed by atoms with Gasteiger partial charge in [-0.1, -0.05) is 24.3 Å². The average molecular weight is 256 g/mol. The number of phenolic OH excluding ortho intramolecular Hbond substituents is 2. The Hall–Kier alpha value is -2.75. The summed E-state index contributed by atoms with van der Waals surface area (Å²) in [5, 5.41) is 27.8. The van der Waals surface area contributed by atoms with Crippen LogP contribution < -0.4 is 0 Å². The average Bonchev–Trinajstić information content (AvgIpc) is 2.37. The van der Waals surface area contributed by atoms with Gasteiger partial charge in [0.15, 0.2) is 0 Å². The lowest BCUT2D eigenvalue weighted by atomic mass is 10.0. The van der Waals surface area contributed by atoms with Gasteiger partial charge >= 0.3 is 5.97 Å². The van der Waals surface area contributed by atoms with E-state index in [1.807, 2.05) is 0 Å². The zero-order chi connectivity index (χ0) is 13.8. The first-order chi connectivity index (χ1) is 9.06. The first kappa shape index (κ1) is 12.7. The molecule has 0 amide bonds. The van der Waals surface area contributed by atoms with Crippen molar-refractivity contribution in [1.29, 1.82) is 0 Å². The number of hydrogen-bond acceptors (Lipinski definition) is 3. The van der Waals surface area contributed by atoms with Gasteiger partial charge in [0, 0.05) is 0 Å². The van der Waals surface area contributed by atoms with E-state index >= 15 is 0 Å². The number of aromatic hydroxyl groups is 2. The quantitative estimate of drug-likeness (QED) is 0.583. The molecule has 19 heavy (non-hydrogen) atoms. The van der Waals surface area contributed by atoms with Gasteiger partial charge in [0.25, 0.3) is 0 Å². The predicted molar refractivity (Wildman–Crippen MR) is 71.7 cm³/mol. The fourth-order valence-electron chi connectivity index (χ4n) is 1.68. The molecule has 0 bridgehead atoms. The highest BCUT2D eigenvalue weighted by molar-refractivity contribution is 6.20. The largest absolute Gasteiger partial charge is 0.508 e. The molecule has 0 unspecified atom stereocenters. The van der Waals surface area contributed by atoms with E-state index < -0.39 is 5.97 Å². The Labute approximate surface area is 109 Å². The summed E-state index contributed by atoms with van der Waals surface area (Å²) in [5.74, 6) is -0.958. The minimum atomic E-state index is -1.08. The van der Waals surface area contributed by atoms with Gasteiger partial charge in [0.1, 0.15) is 11.5 Å². The van der Waals surface area contributed by atoms with E-state index in [0.29, 0.717) is 11.1 Å². The molecular formula is C15H12O4. The van der Waals surface area contributed by atoms with Crippen molar-refractivity contribution in [3.8, 4) is 11.5 Å². The van der Waals surface area contributed by atoms with Crippen molar-refractivity contribution >= 4 is 17.6 Å². The smallest absolute Gasteiger partial charge is 0.336 e. The Morgan fingerprint density at radius 3 is 2.21 bits per heavy atom. The van der Waals surface area contributed by atoms with Crippen molar-refractivity contribution in [2.24, 2.45) is 0 Å². The molecule has 0 spiro atoms. The minimum absolute atomic E-state index is 0.00959. The van der Waals surface area contributed by atoms with Crippen molar-refractivity contribution in [2.75, 3.05) is 0 Å². The highest BCUT2D eigenvalue weighted by Gasteiger charge is 2.10. The summed E-state index contributed by atoms with van der Waals surface area (Å²) in [5.41, 5.74) is 1.14. The molecule has 4 nitrogen and oxygen atoms in total. The molecule has 0 saturated carbocycles. The first-order valence-corrected chi connectivity index (χ1v) is 5.60. The Morgan fingerprint density at radius 2 is 1.63 bits per heavy atom. The predicted octanol–water partition coefficient (Wildman–Crippen LogP) is 2.72. The molecule has 0 aliphatic heterocycles. The monoisotopic (exact) mass is 256 g/mol. The number of phenols is 2. The maximum atomic E-state index is 11.3. The fraction of sp³-hybridized carbons (Fsp3) is 0. The number of hydrogen-bond donors (Lipinski definition) is 3. The van der Waals surface area contributed by atoms with E-state index in [0.717, 1.165) is 0 Å². The molecule has 0 radical (unpaired) electrons. The second-order valence-corrected chi connectivity index (χ2v) is 4.01. The third-order valence-corrected chi connectivity index (χ3v) is 2.59. The first-order valence-electron chi connectivity index (χ1n) is 5.60. The number of aliphatic carboxylic acids is 1. The van der Waals surface area contributed by atoms with E-state index in [1.54, 1.807) is 24.3 Å². The summed E-state index contributed by atoms with van der Waals surface area (Å²) in [6.07, 6.45) is 1.48. The second-order valence-electron chi connectivity index (χ2n) is 4.01. The van der Waals surface area contributed by atoms with E-state index in [1.165, 1.54) is 30.3 Å². The Bertz CT molecular complexity index is 627. The maximum Gasteiger partial charge on any atom is 0.336 e. The van der Waals surface area contributed by atoms with Crippen LogP contribution in [0.1, 0.15) is 11.1 Å². The van der Waals surface area contributed by atoms with Gasteiger partial charge in [-0.2, -0.15) is 0 Å². The second kappa shape index (κ2) is 5.27. The highest BCUT2D eigenvalue weighted by Crippen LogP contribution is 2.22. The Kier molecular flexibility index (Phi) is 3.52. The molecule has 0 fully saturated rings. The summed E-state index contributed by atoms with van der Waals surface area (Å²) in [7, 11) is 0. The van der Waals surface area contributed by atoms with Gasteiger partial charge in [-0.25, -0.2) is 4.79 Å². The van der Waals surface area contributed by atoms with E-state index in [2.05, 4.69) is 0 Å². The molecule has 2 rings (SSSR count). The molecule has 0 saturated heterocycles. The molecule has 0 aliphatic rings. The van der Waals surface area contributed by atoms with Crippen LogP contribution >= 0.6 is 0 Å². The van der Waals surface area contributed by atoms with E-state index in [9.17, 15) is 20.1 Å². The minimum Gasteiger partial charge on any atom is -0.508 e. The molecular weight excluding hydrogens is 244 g/mol. The maximum absolute atomic E-state index is 11.3. The van der Waals surface area contributed by atoms with Crippen LogP contribution in [0.15, 0.2) is 48.5 Å². The van der Waals surface area contributed by atoms with E-state index in [4.69, 9.17) is 0 Å². The lowest BCUT2D eigenvalue weighted by Crippen LogP contribution is -1.99. The molecule has 0 atom stereocenters. The van der Waals surface area contributed by atoms with Crippen LogP contribution in [0.4, 0.5) is 0 Å². The third-order valence-electron chi connectivity index (χ3n) is 2.59. The molecule has 0 aromatic heterocycles. The zero-order valence-corrected chi connectivity index (χ0v) is 9.95. The van der Waals surface area contributed by atoms with Gasteiger partial charge in [0.2, 0.25) is 0 Å². The van der Waals surface area contributed by atoms with Crippen LogP contribution in [-0.2, 0) is 4.79 Å². The molecule has 0 heterocycles. The molecule has 4 heteroatoms. The van der Waals surface area contributed by atoms with Crippen molar-refractivity contribution in [3.63, 3.8) is 0 Å². The summed E-state index contributed by atoms with van der Waals surface area (Å²) in [4.78, 5) is 11.3. The van der Waals surface area contributed by atoms with Crippen molar-refractivity contribution in [3.05, 3.63) is 59.7 Å².